The smallest absolute Gasteiger partial charge is 0.294 e. The Hall–Kier alpha value is -5.47. The van der Waals surface area contributed by atoms with Crippen molar-refractivity contribution in [3.8, 4) is 23.0 Å². The summed E-state index contributed by atoms with van der Waals surface area (Å²) in [5, 5.41) is -0.876. The number of halogens is 18. The van der Waals surface area contributed by atoms with E-state index in [2.05, 4.69) is 0 Å². The molecular weight excluding hydrogens is 927 g/mol. The van der Waals surface area contributed by atoms with Crippen LogP contribution in [-0.4, -0.2) is 13.0 Å². The first-order chi connectivity index (χ1) is 27.9. The van der Waals surface area contributed by atoms with E-state index in [0.29, 0.717) is 24.3 Å². The van der Waals surface area contributed by atoms with E-state index in [1.165, 1.54) is 0 Å². The summed E-state index contributed by atoms with van der Waals surface area (Å²) < 4.78 is 303. The van der Waals surface area contributed by atoms with Gasteiger partial charge in [0.15, 0.2) is 81.3 Å². The predicted molar refractivity (Wildman–Crippen MR) is 167 cm³/mol. The molecule has 0 bridgehead atoms. The lowest BCUT2D eigenvalue weighted by Crippen LogP contribution is -2.07. The number of hydrogen-bond acceptors (Lipinski definition) is 6. The zero-order valence-electron chi connectivity index (χ0n) is 27.5. The lowest BCUT2D eigenvalue weighted by Gasteiger charge is -2.18. The Morgan fingerprint density at radius 3 is 0.933 bits per heavy atom. The highest BCUT2D eigenvalue weighted by Gasteiger charge is 2.35. The monoisotopic (exact) mass is 932 g/mol. The van der Waals surface area contributed by atoms with Crippen molar-refractivity contribution in [1.82, 2.24) is 0 Å². The molecule has 0 unspecified atom stereocenters. The normalized spacial score (nSPS) is 11.8. The molecule has 0 aromatic heterocycles. The fourth-order valence-corrected chi connectivity index (χ4v) is 7.23. The molecule has 6 rings (SSSR count). The molecule has 0 fully saturated rings. The van der Waals surface area contributed by atoms with Gasteiger partial charge in [0.05, 0.1) is 24.5 Å². The molecule has 1 N–H and O–H groups in total. The van der Waals surface area contributed by atoms with Crippen molar-refractivity contribution in [2.24, 2.45) is 0 Å². The van der Waals surface area contributed by atoms with Crippen molar-refractivity contribution in [3.63, 3.8) is 0 Å². The zero-order chi connectivity index (χ0) is 44.6. The molecule has 60 heavy (non-hydrogen) atoms. The topological polar surface area (TPSA) is 72.8 Å². The van der Waals surface area contributed by atoms with E-state index in [4.69, 9.17) is 9.47 Å². The Balaban J connectivity index is 1.49. The minimum atomic E-state index is -5.06. The van der Waals surface area contributed by atoms with E-state index in [-0.39, 0.29) is 5.39 Å². The first-order valence-corrected chi connectivity index (χ1v) is 18.0. The van der Waals surface area contributed by atoms with Crippen LogP contribution in [0.4, 0.5) is 79.0 Å². The summed E-state index contributed by atoms with van der Waals surface area (Å²) in [6, 6.07) is 2.92. The van der Waals surface area contributed by atoms with Crippen LogP contribution in [0.25, 0.3) is 10.8 Å². The summed E-state index contributed by atoms with van der Waals surface area (Å²) in [7, 11) is -5.06. The van der Waals surface area contributed by atoms with Gasteiger partial charge in [-0.1, -0.05) is 29.6 Å². The third-order valence-electron chi connectivity index (χ3n) is 7.71. The van der Waals surface area contributed by atoms with Crippen LogP contribution in [0.3, 0.4) is 0 Å². The van der Waals surface area contributed by atoms with Crippen molar-refractivity contribution in [2.75, 3.05) is 0 Å². The molecule has 0 saturated heterocycles. The highest BCUT2D eigenvalue weighted by Crippen LogP contribution is 2.47. The number of fused-ring (bicyclic) bond motifs is 1. The van der Waals surface area contributed by atoms with Gasteiger partial charge in [0, 0.05) is 0 Å². The lowest BCUT2D eigenvalue weighted by molar-refractivity contribution is 0.326. The average Bonchev–Trinajstić information content (AvgIpc) is 3.21. The largest absolute Gasteiger partial charge is 0.447 e. The molecule has 0 spiro atoms. The highest BCUT2D eigenvalue weighted by atomic mass is 32.2. The SMILES string of the molecule is O=S(=O)(O)c1ccc2cc(Oc3c(F)c(F)c(Sc4c(F)c(F)c(F)c(F)c4F)c(F)c3F)c(Oc3c(F)c(F)c(Sc4c(F)c(F)c(F)c(F)c4F)c(F)c3F)cc2c1. The van der Waals surface area contributed by atoms with Gasteiger partial charge in [-0.15, -0.1) is 0 Å². The fourth-order valence-electron chi connectivity index (χ4n) is 4.87. The maximum Gasteiger partial charge on any atom is 0.294 e. The van der Waals surface area contributed by atoms with Gasteiger partial charge in [-0.25, -0.2) is 61.5 Å². The predicted octanol–water partition coefficient (Wildman–Crippen LogP) is 12.5. The van der Waals surface area contributed by atoms with Gasteiger partial charge in [-0.2, -0.15) is 26.0 Å². The highest BCUT2D eigenvalue weighted by molar-refractivity contribution is 7.99. The maximum atomic E-state index is 15.4. The first kappa shape index (κ1) is 44.1. The number of ether oxygens (including phenoxy) is 2. The Labute approximate surface area is 327 Å². The second-order valence-corrected chi connectivity index (χ2v) is 14.8. The Morgan fingerprint density at radius 2 is 0.633 bits per heavy atom. The van der Waals surface area contributed by atoms with Gasteiger partial charge in [0.25, 0.3) is 10.1 Å². The quantitative estimate of drug-likeness (QED) is 0.0670. The van der Waals surface area contributed by atoms with Gasteiger partial charge in [-0.05, 0) is 35.0 Å². The van der Waals surface area contributed by atoms with E-state index < -0.39 is 191 Å². The second-order valence-electron chi connectivity index (χ2n) is 11.3. The van der Waals surface area contributed by atoms with E-state index >= 15 is 35.1 Å². The molecule has 0 aliphatic carbocycles. The third-order valence-corrected chi connectivity index (χ3v) is 10.8. The van der Waals surface area contributed by atoms with E-state index in [1.54, 1.807) is 0 Å². The molecule has 316 valence electrons. The molecule has 0 aliphatic heterocycles. The van der Waals surface area contributed by atoms with E-state index in [0.717, 1.165) is 6.07 Å². The molecule has 6 aromatic carbocycles. The van der Waals surface area contributed by atoms with Crippen LogP contribution in [0.2, 0.25) is 0 Å². The van der Waals surface area contributed by atoms with Crippen LogP contribution in [-0.2, 0) is 10.1 Å². The van der Waals surface area contributed by atoms with Gasteiger partial charge >= 0.3 is 0 Å². The summed E-state index contributed by atoms with van der Waals surface area (Å²) in [4.78, 5) is -9.20. The molecule has 0 aliphatic rings. The van der Waals surface area contributed by atoms with Crippen LogP contribution in [0.5, 0.6) is 23.0 Å². The Morgan fingerprint density at radius 1 is 0.367 bits per heavy atom. The average molecular weight is 933 g/mol. The molecule has 0 heterocycles. The fraction of sp³-hybridized carbons (Fsp3) is 0. The number of hydrogen-bond donors (Lipinski definition) is 1. The van der Waals surface area contributed by atoms with Crippen LogP contribution in [0.15, 0.2) is 54.8 Å². The van der Waals surface area contributed by atoms with E-state index in [9.17, 15) is 56.9 Å². The minimum Gasteiger partial charge on any atom is -0.447 e. The third kappa shape index (κ3) is 7.37. The van der Waals surface area contributed by atoms with Crippen molar-refractivity contribution in [3.05, 3.63) is 135 Å². The van der Waals surface area contributed by atoms with Crippen molar-refractivity contribution >= 4 is 44.4 Å². The Kier molecular flexibility index (Phi) is 11.6. The number of benzene rings is 6. The molecule has 0 atom stereocenters. The minimum absolute atomic E-state index is 0.363. The van der Waals surface area contributed by atoms with Gasteiger partial charge < -0.3 is 9.47 Å². The van der Waals surface area contributed by atoms with Gasteiger partial charge in [0.1, 0.15) is 0 Å². The van der Waals surface area contributed by atoms with Gasteiger partial charge in [-0.3, -0.25) is 4.55 Å². The Bertz CT molecular complexity index is 2850. The maximum absolute atomic E-state index is 15.4. The van der Waals surface area contributed by atoms with Gasteiger partial charge in [0.2, 0.25) is 46.4 Å². The van der Waals surface area contributed by atoms with Crippen molar-refractivity contribution in [2.45, 2.75) is 24.5 Å². The standard InChI is InChI=1S/C34H6F18O5S3/c35-11-13(37)21(45)31(22(46)14(11)38)58-33-25(49)17(41)29(18(42)26(33)50)56-9-4-6-1-2-8(60(53,54)55)3-7(6)5-10(9)57-30-19(43)27(51)34(28(52)20(30)44)59-32-23(47)15(39)12(36)16(40)24(32)48/h1-5H,(H,53,54,55). The summed E-state index contributed by atoms with van der Waals surface area (Å²) in [5.74, 6) is -55.3. The molecule has 6 aromatic rings. The van der Waals surface area contributed by atoms with E-state index in [1.807, 2.05) is 0 Å². The zero-order valence-corrected chi connectivity index (χ0v) is 29.9. The molecule has 5 nitrogen and oxygen atoms in total. The van der Waals surface area contributed by atoms with Crippen molar-refractivity contribution in [1.29, 1.82) is 0 Å². The van der Waals surface area contributed by atoms with Crippen LogP contribution in [0.1, 0.15) is 0 Å². The summed E-state index contributed by atoms with van der Waals surface area (Å²) in [6.07, 6.45) is 0. The lowest BCUT2D eigenvalue weighted by atomic mass is 10.1. The molecular formula is C34H6F18O5S3. The summed E-state index contributed by atoms with van der Waals surface area (Å²) in [6.45, 7) is 0. The molecule has 0 saturated carbocycles. The first-order valence-electron chi connectivity index (χ1n) is 14.9. The molecule has 0 amide bonds. The molecule has 0 radical (unpaired) electrons. The van der Waals surface area contributed by atoms with Crippen LogP contribution in [0, 0.1) is 105 Å². The number of rotatable bonds is 9. The molecule has 26 heteroatoms. The second kappa shape index (κ2) is 15.9. The van der Waals surface area contributed by atoms with Crippen LogP contribution < -0.4 is 9.47 Å². The summed E-state index contributed by atoms with van der Waals surface area (Å²) >= 11 is -2.08. The summed E-state index contributed by atoms with van der Waals surface area (Å²) in [5.41, 5.74) is 0. The van der Waals surface area contributed by atoms with Crippen molar-refractivity contribution < 1.29 is 101 Å². The van der Waals surface area contributed by atoms with Crippen LogP contribution >= 0.6 is 23.5 Å².